The highest BCUT2D eigenvalue weighted by Gasteiger charge is 2.51. The van der Waals surface area contributed by atoms with E-state index in [-0.39, 0.29) is 17.5 Å². The molecule has 6 aliphatic rings. The Bertz CT molecular complexity index is 583. The summed E-state index contributed by atoms with van der Waals surface area (Å²) in [5.74, 6) is 2.82. The molecule has 6 saturated carbocycles. The number of rotatable bonds is 7. The molecule has 0 amide bonds. The van der Waals surface area contributed by atoms with Crippen molar-refractivity contribution in [2.24, 2.45) is 35.5 Å². The monoisotopic (exact) mass is 420 g/mol. The number of carbonyl (C=O) groups is 1. The SMILES string of the molecule is CC(OCCOC12CC3CC(CC(C3)C1)C2)OC(=O)C1CCC2CCCCC2C1O. The second-order valence-electron chi connectivity index (χ2n) is 11.2. The van der Waals surface area contributed by atoms with Gasteiger partial charge in [-0.05, 0) is 94.3 Å². The molecule has 6 fully saturated rings. The van der Waals surface area contributed by atoms with Crippen molar-refractivity contribution >= 4 is 5.97 Å². The zero-order valence-corrected chi connectivity index (χ0v) is 18.6. The minimum absolute atomic E-state index is 0.0980. The predicted octanol–water partition coefficient (Wildman–Crippen LogP) is 4.45. The van der Waals surface area contributed by atoms with Gasteiger partial charge in [-0.3, -0.25) is 4.79 Å². The first-order valence-corrected chi connectivity index (χ1v) is 12.7. The Balaban J connectivity index is 1.04. The van der Waals surface area contributed by atoms with Crippen LogP contribution in [0.1, 0.15) is 84.0 Å². The molecule has 5 heteroatoms. The molecule has 5 unspecified atom stereocenters. The van der Waals surface area contributed by atoms with Gasteiger partial charge >= 0.3 is 5.97 Å². The van der Waals surface area contributed by atoms with Crippen LogP contribution in [0.5, 0.6) is 0 Å². The molecule has 6 rings (SSSR count). The van der Waals surface area contributed by atoms with E-state index >= 15 is 0 Å². The Morgan fingerprint density at radius 2 is 1.63 bits per heavy atom. The topological polar surface area (TPSA) is 65.0 Å². The molecule has 4 bridgehead atoms. The first kappa shape index (κ1) is 21.2. The molecule has 0 spiro atoms. The Labute approximate surface area is 181 Å². The van der Waals surface area contributed by atoms with Crippen molar-refractivity contribution < 1.29 is 24.1 Å². The highest BCUT2D eigenvalue weighted by molar-refractivity contribution is 5.73. The molecule has 0 heterocycles. The maximum atomic E-state index is 12.7. The van der Waals surface area contributed by atoms with Crippen LogP contribution >= 0.6 is 0 Å². The summed E-state index contributed by atoms with van der Waals surface area (Å²) in [5, 5.41) is 10.8. The number of aliphatic hydroxyl groups excluding tert-OH is 1. The van der Waals surface area contributed by atoms with E-state index in [0.29, 0.717) is 19.1 Å². The van der Waals surface area contributed by atoms with Crippen LogP contribution in [0.2, 0.25) is 0 Å². The fraction of sp³-hybridized carbons (Fsp3) is 0.960. The van der Waals surface area contributed by atoms with Crippen LogP contribution in [0.4, 0.5) is 0 Å². The summed E-state index contributed by atoms with van der Waals surface area (Å²) in [5.41, 5.74) is 0.0980. The number of ether oxygens (including phenoxy) is 3. The van der Waals surface area contributed by atoms with Gasteiger partial charge < -0.3 is 19.3 Å². The first-order chi connectivity index (χ1) is 14.5. The highest BCUT2D eigenvalue weighted by atomic mass is 16.7. The summed E-state index contributed by atoms with van der Waals surface area (Å²) in [6.45, 7) is 2.80. The summed E-state index contributed by atoms with van der Waals surface area (Å²) in [4.78, 5) is 12.7. The minimum Gasteiger partial charge on any atom is -0.436 e. The first-order valence-electron chi connectivity index (χ1n) is 12.7. The average molecular weight is 421 g/mol. The fourth-order valence-corrected chi connectivity index (χ4v) is 8.13. The molecule has 170 valence electrons. The van der Waals surface area contributed by atoms with E-state index in [2.05, 4.69) is 0 Å². The molecule has 0 aliphatic heterocycles. The third-order valence-corrected chi connectivity index (χ3v) is 9.08. The van der Waals surface area contributed by atoms with Gasteiger partial charge in [0, 0.05) is 0 Å². The largest absolute Gasteiger partial charge is 0.436 e. The van der Waals surface area contributed by atoms with Gasteiger partial charge in [0.05, 0.1) is 30.8 Å². The molecule has 5 atom stereocenters. The zero-order chi connectivity index (χ0) is 20.7. The lowest BCUT2D eigenvalue weighted by atomic mass is 9.54. The second-order valence-corrected chi connectivity index (χ2v) is 11.2. The number of hydrogen-bond donors (Lipinski definition) is 1. The number of esters is 1. The highest BCUT2D eigenvalue weighted by Crippen LogP contribution is 2.57. The van der Waals surface area contributed by atoms with E-state index in [9.17, 15) is 9.90 Å². The van der Waals surface area contributed by atoms with Gasteiger partial charge in [0.1, 0.15) is 0 Å². The second kappa shape index (κ2) is 8.71. The fourth-order valence-electron chi connectivity index (χ4n) is 8.13. The van der Waals surface area contributed by atoms with Crippen molar-refractivity contribution in [3.63, 3.8) is 0 Å². The summed E-state index contributed by atoms with van der Waals surface area (Å²) in [6, 6.07) is 0. The van der Waals surface area contributed by atoms with Crippen molar-refractivity contribution in [1.82, 2.24) is 0 Å². The molecule has 6 aliphatic carbocycles. The van der Waals surface area contributed by atoms with E-state index < -0.39 is 18.3 Å². The summed E-state index contributed by atoms with van der Waals surface area (Å²) in [7, 11) is 0. The summed E-state index contributed by atoms with van der Waals surface area (Å²) in [6.07, 6.45) is 13.2. The Kier molecular flexibility index (Phi) is 6.16. The molecule has 0 saturated heterocycles. The Morgan fingerprint density at radius 1 is 0.967 bits per heavy atom. The maximum absolute atomic E-state index is 12.7. The van der Waals surface area contributed by atoms with Crippen LogP contribution in [0.25, 0.3) is 0 Å². The van der Waals surface area contributed by atoms with Crippen molar-refractivity contribution in [1.29, 1.82) is 0 Å². The van der Waals surface area contributed by atoms with Gasteiger partial charge in [-0.15, -0.1) is 0 Å². The van der Waals surface area contributed by atoms with Crippen LogP contribution in [-0.4, -0.2) is 42.3 Å². The van der Waals surface area contributed by atoms with E-state index in [4.69, 9.17) is 14.2 Å². The molecule has 0 aromatic rings. The summed E-state index contributed by atoms with van der Waals surface area (Å²) < 4.78 is 17.7. The lowest BCUT2D eigenvalue weighted by molar-refractivity contribution is -0.200. The quantitative estimate of drug-likeness (QED) is 0.374. The third-order valence-electron chi connectivity index (χ3n) is 9.08. The molecule has 0 radical (unpaired) electrons. The van der Waals surface area contributed by atoms with Crippen LogP contribution in [-0.2, 0) is 19.0 Å². The Hall–Kier alpha value is -0.650. The molecule has 1 N–H and O–H groups in total. The van der Waals surface area contributed by atoms with Crippen LogP contribution in [0.15, 0.2) is 0 Å². The van der Waals surface area contributed by atoms with Gasteiger partial charge in [-0.1, -0.05) is 19.3 Å². The van der Waals surface area contributed by atoms with Crippen molar-refractivity contribution in [3.05, 3.63) is 0 Å². The average Bonchev–Trinajstić information content (AvgIpc) is 2.70. The molecule has 5 nitrogen and oxygen atoms in total. The van der Waals surface area contributed by atoms with E-state index in [0.717, 1.165) is 37.0 Å². The normalized spacial score (nSPS) is 45.7. The molecule has 30 heavy (non-hydrogen) atoms. The number of hydrogen-bond acceptors (Lipinski definition) is 5. The van der Waals surface area contributed by atoms with Crippen molar-refractivity contribution in [2.75, 3.05) is 13.2 Å². The van der Waals surface area contributed by atoms with Gasteiger partial charge in [0.2, 0.25) is 0 Å². The number of aliphatic hydroxyl groups is 1. The van der Waals surface area contributed by atoms with Crippen molar-refractivity contribution in [3.8, 4) is 0 Å². The third kappa shape index (κ3) is 4.31. The lowest BCUT2D eigenvalue weighted by Crippen LogP contribution is -2.52. The molecular weight excluding hydrogens is 380 g/mol. The molecular formula is C25H40O5. The van der Waals surface area contributed by atoms with Gasteiger partial charge in [-0.2, -0.15) is 0 Å². The number of carbonyl (C=O) groups excluding carboxylic acids is 1. The van der Waals surface area contributed by atoms with Gasteiger partial charge in [-0.25, -0.2) is 0 Å². The summed E-state index contributed by atoms with van der Waals surface area (Å²) >= 11 is 0. The van der Waals surface area contributed by atoms with Gasteiger partial charge in [0.15, 0.2) is 6.29 Å². The van der Waals surface area contributed by atoms with E-state index in [1.165, 1.54) is 57.8 Å². The minimum atomic E-state index is -0.589. The van der Waals surface area contributed by atoms with Gasteiger partial charge in [0.25, 0.3) is 0 Å². The maximum Gasteiger partial charge on any atom is 0.313 e. The smallest absolute Gasteiger partial charge is 0.313 e. The van der Waals surface area contributed by atoms with Crippen LogP contribution in [0.3, 0.4) is 0 Å². The van der Waals surface area contributed by atoms with E-state index in [1.807, 2.05) is 0 Å². The predicted molar refractivity (Wildman–Crippen MR) is 113 cm³/mol. The van der Waals surface area contributed by atoms with Crippen LogP contribution < -0.4 is 0 Å². The number of fused-ring (bicyclic) bond motifs is 1. The standard InChI is InChI=1S/C25H40O5/c1-16(30-24(27)22-7-6-20-4-2-3-5-21(20)23(22)26)28-8-9-29-25-13-17-10-18(14-25)12-19(11-17)15-25/h16-23,26H,2-15H2,1H3. The Morgan fingerprint density at radius 3 is 2.33 bits per heavy atom. The zero-order valence-electron chi connectivity index (χ0n) is 18.6. The van der Waals surface area contributed by atoms with Crippen LogP contribution in [0, 0.1) is 35.5 Å². The lowest BCUT2D eigenvalue weighted by Gasteiger charge is -2.56. The van der Waals surface area contributed by atoms with E-state index in [1.54, 1.807) is 6.92 Å². The molecule has 0 aromatic heterocycles. The van der Waals surface area contributed by atoms with Crippen molar-refractivity contribution in [2.45, 2.75) is 102 Å². The molecule has 0 aromatic carbocycles.